The smallest absolute Gasteiger partial charge is 0.254 e. The number of carbonyl (C=O) groups excluding carboxylic acids is 1. The highest BCUT2D eigenvalue weighted by atomic mass is 32.2. The number of benzene rings is 2. The third-order valence-electron chi connectivity index (χ3n) is 5.36. The van der Waals surface area contributed by atoms with Crippen LogP contribution in [-0.2, 0) is 23.1 Å². The number of aromatic nitrogens is 1. The third-order valence-corrected chi connectivity index (χ3v) is 6.90. The standard InChI is InChI=1S/C24H25N3O3S/c1-18-9-10-21(14-23(18)31(29,30)26-16-19-6-3-2-4-7-19)24(28)27(22-11-12-22)17-20-8-5-13-25-15-20/h2-10,13-15,22,26H,11-12,16-17H2,1H3. The van der Waals surface area contributed by atoms with E-state index in [1.54, 1.807) is 31.5 Å². The zero-order valence-corrected chi connectivity index (χ0v) is 18.2. The van der Waals surface area contributed by atoms with Crippen molar-refractivity contribution in [2.24, 2.45) is 0 Å². The lowest BCUT2D eigenvalue weighted by atomic mass is 10.1. The van der Waals surface area contributed by atoms with Crippen molar-refractivity contribution < 1.29 is 13.2 Å². The van der Waals surface area contributed by atoms with Crippen molar-refractivity contribution in [2.45, 2.75) is 43.8 Å². The normalized spacial score (nSPS) is 13.7. The summed E-state index contributed by atoms with van der Waals surface area (Å²) >= 11 is 0. The van der Waals surface area contributed by atoms with Crippen LogP contribution in [0.15, 0.2) is 78.0 Å². The molecule has 3 aromatic rings. The lowest BCUT2D eigenvalue weighted by molar-refractivity contribution is 0.0729. The van der Waals surface area contributed by atoms with E-state index in [0.717, 1.165) is 24.0 Å². The molecule has 0 radical (unpaired) electrons. The van der Waals surface area contributed by atoms with E-state index in [2.05, 4.69) is 9.71 Å². The molecule has 1 aliphatic rings. The summed E-state index contributed by atoms with van der Waals surface area (Å²) in [4.78, 5) is 19.4. The van der Waals surface area contributed by atoms with Crippen molar-refractivity contribution in [3.8, 4) is 0 Å². The molecule has 0 spiro atoms. The predicted molar refractivity (Wildman–Crippen MR) is 119 cm³/mol. The van der Waals surface area contributed by atoms with E-state index in [0.29, 0.717) is 17.7 Å². The Balaban J connectivity index is 1.56. The van der Waals surface area contributed by atoms with Gasteiger partial charge in [0.1, 0.15) is 0 Å². The number of pyridine rings is 1. The van der Waals surface area contributed by atoms with Gasteiger partial charge in [-0.05, 0) is 54.7 Å². The SMILES string of the molecule is Cc1ccc(C(=O)N(Cc2cccnc2)C2CC2)cc1S(=O)(=O)NCc1ccccc1. The summed E-state index contributed by atoms with van der Waals surface area (Å²) < 4.78 is 28.6. The minimum absolute atomic E-state index is 0.131. The zero-order chi connectivity index (χ0) is 21.8. The highest BCUT2D eigenvalue weighted by Crippen LogP contribution is 2.30. The van der Waals surface area contributed by atoms with Crippen LogP contribution in [0.25, 0.3) is 0 Å². The molecule has 1 saturated carbocycles. The molecular weight excluding hydrogens is 410 g/mol. The number of nitrogens with zero attached hydrogens (tertiary/aromatic N) is 2. The molecule has 1 aromatic heterocycles. The van der Waals surface area contributed by atoms with Crippen molar-refractivity contribution >= 4 is 15.9 Å². The van der Waals surface area contributed by atoms with Gasteiger partial charge in [0.05, 0.1) is 4.90 Å². The highest BCUT2D eigenvalue weighted by molar-refractivity contribution is 7.89. The van der Waals surface area contributed by atoms with Gasteiger partial charge in [0.25, 0.3) is 5.91 Å². The summed E-state index contributed by atoms with van der Waals surface area (Å²) in [6, 6.07) is 18.2. The Kier molecular flexibility index (Phi) is 6.15. The molecule has 160 valence electrons. The van der Waals surface area contributed by atoms with Crippen molar-refractivity contribution in [1.29, 1.82) is 0 Å². The lowest BCUT2D eigenvalue weighted by Crippen LogP contribution is -2.33. The van der Waals surface area contributed by atoms with Crippen molar-refractivity contribution in [3.05, 3.63) is 95.3 Å². The maximum Gasteiger partial charge on any atom is 0.254 e. The largest absolute Gasteiger partial charge is 0.331 e. The molecule has 0 aliphatic heterocycles. The van der Waals surface area contributed by atoms with Gasteiger partial charge in [-0.3, -0.25) is 9.78 Å². The maximum absolute atomic E-state index is 13.3. The fourth-order valence-electron chi connectivity index (χ4n) is 3.48. The fraction of sp³-hybridized carbons (Fsp3) is 0.250. The van der Waals surface area contributed by atoms with E-state index in [1.807, 2.05) is 47.4 Å². The molecule has 1 fully saturated rings. The second-order valence-electron chi connectivity index (χ2n) is 7.82. The van der Waals surface area contributed by atoms with Crippen LogP contribution in [0.2, 0.25) is 0 Å². The first kappa shape index (κ1) is 21.2. The van der Waals surface area contributed by atoms with Gasteiger partial charge in [0.2, 0.25) is 10.0 Å². The molecule has 2 aromatic carbocycles. The Labute approximate surface area is 183 Å². The van der Waals surface area contributed by atoms with E-state index >= 15 is 0 Å². The van der Waals surface area contributed by atoms with Gasteiger partial charge in [0.15, 0.2) is 0 Å². The molecule has 1 N–H and O–H groups in total. The lowest BCUT2D eigenvalue weighted by Gasteiger charge is -2.23. The summed E-state index contributed by atoms with van der Waals surface area (Å²) in [7, 11) is -3.77. The van der Waals surface area contributed by atoms with Crippen molar-refractivity contribution in [2.75, 3.05) is 0 Å². The van der Waals surface area contributed by atoms with Crippen LogP contribution < -0.4 is 4.72 Å². The van der Waals surface area contributed by atoms with Gasteiger partial charge in [-0.2, -0.15) is 0 Å². The number of sulfonamides is 1. The van der Waals surface area contributed by atoms with E-state index < -0.39 is 10.0 Å². The molecular formula is C24H25N3O3S. The van der Waals surface area contributed by atoms with Crippen molar-refractivity contribution in [1.82, 2.24) is 14.6 Å². The minimum atomic E-state index is -3.77. The van der Waals surface area contributed by atoms with Crippen LogP contribution in [0.1, 0.15) is 39.9 Å². The number of nitrogens with one attached hydrogen (secondary N) is 1. The van der Waals surface area contributed by atoms with Gasteiger partial charge < -0.3 is 4.90 Å². The van der Waals surface area contributed by atoms with E-state index in [4.69, 9.17) is 0 Å². The number of amides is 1. The van der Waals surface area contributed by atoms with Crippen LogP contribution in [0.5, 0.6) is 0 Å². The second-order valence-corrected chi connectivity index (χ2v) is 9.55. The summed E-state index contributed by atoms with van der Waals surface area (Å²) in [5, 5.41) is 0. The summed E-state index contributed by atoms with van der Waals surface area (Å²) in [6.45, 7) is 2.38. The number of carbonyl (C=O) groups is 1. The fourth-order valence-corrected chi connectivity index (χ4v) is 4.77. The van der Waals surface area contributed by atoms with Crippen LogP contribution >= 0.6 is 0 Å². The molecule has 7 heteroatoms. The van der Waals surface area contributed by atoms with Crippen LogP contribution in [0.3, 0.4) is 0 Å². The van der Waals surface area contributed by atoms with Gasteiger partial charge >= 0.3 is 0 Å². The minimum Gasteiger partial charge on any atom is -0.331 e. The molecule has 0 unspecified atom stereocenters. The highest BCUT2D eigenvalue weighted by Gasteiger charge is 2.33. The first-order valence-electron chi connectivity index (χ1n) is 10.3. The third kappa shape index (κ3) is 5.18. The van der Waals surface area contributed by atoms with Gasteiger partial charge in [0, 0.05) is 37.1 Å². The Bertz CT molecular complexity index is 1160. The van der Waals surface area contributed by atoms with Gasteiger partial charge in [-0.1, -0.05) is 42.5 Å². The molecule has 0 atom stereocenters. The average molecular weight is 436 g/mol. The molecule has 31 heavy (non-hydrogen) atoms. The first-order chi connectivity index (χ1) is 14.9. The number of hydrogen-bond acceptors (Lipinski definition) is 4. The number of rotatable bonds is 8. The quantitative estimate of drug-likeness (QED) is 0.585. The molecule has 0 bridgehead atoms. The molecule has 4 rings (SSSR count). The Morgan fingerprint density at radius 2 is 1.81 bits per heavy atom. The molecule has 0 saturated heterocycles. The van der Waals surface area contributed by atoms with E-state index in [-0.39, 0.29) is 23.4 Å². The second kappa shape index (κ2) is 8.99. The number of hydrogen-bond donors (Lipinski definition) is 1. The predicted octanol–water partition coefficient (Wildman–Crippen LogP) is 3.67. The Hall–Kier alpha value is -3.03. The molecule has 6 nitrogen and oxygen atoms in total. The first-order valence-corrected chi connectivity index (χ1v) is 11.8. The topological polar surface area (TPSA) is 79.4 Å². The van der Waals surface area contributed by atoms with Crippen molar-refractivity contribution in [3.63, 3.8) is 0 Å². The van der Waals surface area contributed by atoms with Crippen LogP contribution in [0.4, 0.5) is 0 Å². The Morgan fingerprint density at radius 3 is 2.48 bits per heavy atom. The number of aryl methyl sites for hydroxylation is 1. The monoisotopic (exact) mass is 435 g/mol. The van der Waals surface area contributed by atoms with E-state index in [1.165, 1.54) is 6.07 Å². The van der Waals surface area contributed by atoms with Crippen LogP contribution in [0, 0.1) is 6.92 Å². The summed E-state index contributed by atoms with van der Waals surface area (Å²) in [5.74, 6) is -0.161. The average Bonchev–Trinajstić information content (AvgIpc) is 3.63. The van der Waals surface area contributed by atoms with E-state index in [9.17, 15) is 13.2 Å². The zero-order valence-electron chi connectivity index (χ0n) is 17.4. The maximum atomic E-state index is 13.3. The molecule has 1 amide bonds. The van der Waals surface area contributed by atoms with Gasteiger partial charge in [-0.25, -0.2) is 13.1 Å². The summed E-state index contributed by atoms with van der Waals surface area (Å²) in [5.41, 5.74) is 2.79. The molecule has 1 aliphatic carbocycles. The van der Waals surface area contributed by atoms with Gasteiger partial charge in [-0.15, -0.1) is 0 Å². The Morgan fingerprint density at radius 1 is 1.06 bits per heavy atom. The summed E-state index contributed by atoms with van der Waals surface area (Å²) in [6.07, 6.45) is 5.37. The van der Waals surface area contributed by atoms with Crippen LogP contribution in [-0.4, -0.2) is 30.3 Å². The molecule has 1 heterocycles.